The zero-order valence-corrected chi connectivity index (χ0v) is 9.40. The number of aliphatic carboxylic acids is 1. The Balaban J connectivity index is 2.37. The molecule has 1 unspecified atom stereocenters. The second-order valence-electron chi connectivity index (χ2n) is 3.86. The zero-order valence-electron chi connectivity index (χ0n) is 9.40. The van der Waals surface area contributed by atoms with Crippen LogP contribution in [0.3, 0.4) is 0 Å². The standard InChI is InChI=1S/C12H14N2O3/c1-17-8-2-3-11-9(5-8)7(6-14-11)4-10(13)12(15)16/h2-3,5-6,10,14H,4,13H2,1H3,(H,15,16)/p-1. The summed E-state index contributed by atoms with van der Waals surface area (Å²) in [7, 11) is 1.58. The quantitative estimate of drug-likeness (QED) is 0.764. The van der Waals surface area contributed by atoms with Crippen LogP contribution < -0.4 is 15.6 Å². The number of carboxylic acids is 1. The van der Waals surface area contributed by atoms with Crippen LogP contribution in [0.15, 0.2) is 24.4 Å². The SMILES string of the molecule is COc1ccc2[nH]cc(CC(N)C(=O)[O-])c2c1. The minimum atomic E-state index is -1.25. The average molecular weight is 233 g/mol. The van der Waals surface area contributed by atoms with Crippen molar-refractivity contribution in [1.29, 1.82) is 0 Å². The Hall–Kier alpha value is -2.01. The molecule has 0 fully saturated rings. The fraction of sp³-hybridized carbons (Fsp3) is 0.250. The van der Waals surface area contributed by atoms with E-state index in [-0.39, 0.29) is 6.42 Å². The predicted molar refractivity (Wildman–Crippen MR) is 61.5 cm³/mol. The topological polar surface area (TPSA) is 91.2 Å². The van der Waals surface area contributed by atoms with Crippen LogP contribution in [0, 0.1) is 0 Å². The Labute approximate surface area is 98.2 Å². The van der Waals surface area contributed by atoms with Crippen LogP contribution in [0.1, 0.15) is 5.56 Å². The number of rotatable bonds is 4. The molecular formula is C12H13N2O3-. The number of aromatic nitrogens is 1. The minimum Gasteiger partial charge on any atom is -0.548 e. The van der Waals surface area contributed by atoms with E-state index in [1.54, 1.807) is 13.3 Å². The summed E-state index contributed by atoms with van der Waals surface area (Å²) in [6, 6.07) is 4.56. The fourth-order valence-electron chi connectivity index (χ4n) is 1.77. The number of carboxylic acid groups (broad SMARTS) is 1. The molecule has 0 saturated heterocycles. The van der Waals surface area contributed by atoms with Gasteiger partial charge in [-0.1, -0.05) is 0 Å². The molecule has 0 bridgehead atoms. The highest BCUT2D eigenvalue weighted by molar-refractivity contribution is 5.85. The van der Waals surface area contributed by atoms with E-state index < -0.39 is 12.0 Å². The maximum Gasteiger partial charge on any atom is 0.119 e. The lowest BCUT2D eigenvalue weighted by atomic mass is 10.1. The molecule has 1 atom stereocenters. The third-order valence-electron chi connectivity index (χ3n) is 2.72. The van der Waals surface area contributed by atoms with Crippen LogP contribution in [0.2, 0.25) is 0 Å². The van der Waals surface area contributed by atoms with E-state index in [1.807, 2.05) is 18.2 Å². The lowest BCUT2D eigenvalue weighted by molar-refractivity contribution is -0.307. The van der Waals surface area contributed by atoms with Gasteiger partial charge in [0, 0.05) is 23.1 Å². The number of nitrogens with one attached hydrogen (secondary N) is 1. The molecule has 5 heteroatoms. The maximum absolute atomic E-state index is 10.6. The van der Waals surface area contributed by atoms with E-state index in [2.05, 4.69) is 4.98 Å². The first-order chi connectivity index (χ1) is 8.11. The van der Waals surface area contributed by atoms with Gasteiger partial charge in [0.2, 0.25) is 0 Å². The molecule has 0 radical (unpaired) electrons. The number of hydrogen-bond acceptors (Lipinski definition) is 4. The van der Waals surface area contributed by atoms with Crippen LogP contribution in [0.5, 0.6) is 5.75 Å². The van der Waals surface area contributed by atoms with Gasteiger partial charge >= 0.3 is 0 Å². The number of carbonyl (C=O) groups is 1. The van der Waals surface area contributed by atoms with Crippen molar-refractivity contribution in [1.82, 2.24) is 4.98 Å². The summed E-state index contributed by atoms with van der Waals surface area (Å²) in [5.41, 5.74) is 7.23. The van der Waals surface area contributed by atoms with Gasteiger partial charge in [-0.3, -0.25) is 0 Å². The summed E-state index contributed by atoms with van der Waals surface area (Å²) in [6.45, 7) is 0. The number of methoxy groups -OCH3 is 1. The molecule has 17 heavy (non-hydrogen) atoms. The molecular weight excluding hydrogens is 220 g/mol. The molecule has 0 saturated carbocycles. The average Bonchev–Trinajstić information content (AvgIpc) is 2.71. The molecule has 0 aliphatic heterocycles. The van der Waals surface area contributed by atoms with Gasteiger partial charge < -0.3 is 25.4 Å². The lowest BCUT2D eigenvalue weighted by Crippen LogP contribution is -2.43. The van der Waals surface area contributed by atoms with Crippen molar-refractivity contribution in [3.63, 3.8) is 0 Å². The third-order valence-corrected chi connectivity index (χ3v) is 2.72. The van der Waals surface area contributed by atoms with Crippen LogP contribution >= 0.6 is 0 Å². The van der Waals surface area contributed by atoms with Crippen molar-refractivity contribution < 1.29 is 14.6 Å². The normalized spacial score (nSPS) is 12.6. The number of benzene rings is 1. The molecule has 0 amide bonds. The van der Waals surface area contributed by atoms with Gasteiger partial charge in [0.1, 0.15) is 5.75 Å². The summed E-state index contributed by atoms with van der Waals surface area (Å²) in [5, 5.41) is 11.5. The summed E-state index contributed by atoms with van der Waals surface area (Å²) >= 11 is 0. The van der Waals surface area contributed by atoms with Crippen molar-refractivity contribution >= 4 is 16.9 Å². The highest BCUT2D eigenvalue weighted by atomic mass is 16.5. The highest BCUT2D eigenvalue weighted by Gasteiger charge is 2.10. The van der Waals surface area contributed by atoms with E-state index >= 15 is 0 Å². The van der Waals surface area contributed by atoms with E-state index in [9.17, 15) is 9.90 Å². The van der Waals surface area contributed by atoms with Gasteiger partial charge in [-0.25, -0.2) is 0 Å². The van der Waals surface area contributed by atoms with Gasteiger partial charge in [-0.15, -0.1) is 0 Å². The van der Waals surface area contributed by atoms with E-state index in [0.717, 1.165) is 22.2 Å². The summed E-state index contributed by atoms with van der Waals surface area (Å²) in [6.07, 6.45) is 1.99. The van der Waals surface area contributed by atoms with E-state index in [4.69, 9.17) is 10.5 Å². The molecule has 0 aliphatic rings. The fourth-order valence-corrected chi connectivity index (χ4v) is 1.77. The molecule has 0 aliphatic carbocycles. The Morgan fingerprint density at radius 1 is 1.59 bits per heavy atom. The minimum absolute atomic E-state index is 0.232. The monoisotopic (exact) mass is 233 g/mol. The predicted octanol–water partition coefficient (Wildman–Crippen LogP) is -0.204. The van der Waals surface area contributed by atoms with Crippen LogP contribution in [0.4, 0.5) is 0 Å². The van der Waals surface area contributed by atoms with Gasteiger partial charge in [-0.05, 0) is 30.2 Å². The smallest absolute Gasteiger partial charge is 0.119 e. The second kappa shape index (κ2) is 4.47. The molecule has 1 aromatic heterocycles. The van der Waals surface area contributed by atoms with Gasteiger partial charge in [0.25, 0.3) is 0 Å². The lowest BCUT2D eigenvalue weighted by Gasteiger charge is -2.11. The number of H-pyrrole nitrogens is 1. The van der Waals surface area contributed by atoms with Crippen molar-refractivity contribution in [2.24, 2.45) is 5.73 Å². The first-order valence-electron chi connectivity index (χ1n) is 5.22. The molecule has 0 spiro atoms. The molecule has 5 nitrogen and oxygen atoms in total. The van der Waals surface area contributed by atoms with Crippen LogP contribution in [0.25, 0.3) is 10.9 Å². The molecule has 90 valence electrons. The summed E-state index contributed by atoms with van der Waals surface area (Å²) in [5.74, 6) is -0.525. The third kappa shape index (κ3) is 2.24. The Bertz CT molecular complexity index is 548. The molecule has 2 aromatic rings. The number of ether oxygens (including phenoxy) is 1. The molecule has 2 rings (SSSR count). The largest absolute Gasteiger partial charge is 0.548 e. The van der Waals surface area contributed by atoms with Crippen molar-refractivity contribution in [2.45, 2.75) is 12.5 Å². The number of aromatic amines is 1. The highest BCUT2D eigenvalue weighted by Crippen LogP contribution is 2.24. The summed E-state index contributed by atoms with van der Waals surface area (Å²) in [4.78, 5) is 13.7. The molecule has 1 heterocycles. The zero-order chi connectivity index (χ0) is 12.4. The van der Waals surface area contributed by atoms with E-state index in [0.29, 0.717) is 0 Å². The van der Waals surface area contributed by atoms with Gasteiger partial charge in [0.15, 0.2) is 0 Å². The number of carbonyl (C=O) groups excluding carboxylic acids is 1. The van der Waals surface area contributed by atoms with Crippen molar-refractivity contribution in [2.75, 3.05) is 7.11 Å². The van der Waals surface area contributed by atoms with Crippen molar-refractivity contribution in [3.05, 3.63) is 30.0 Å². The van der Waals surface area contributed by atoms with Crippen LogP contribution in [-0.4, -0.2) is 24.1 Å². The maximum atomic E-state index is 10.6. The van der Waals surface area contributed by atoms with Gasteiger partial charge in [-0.2, -0.15) is 0 Å². The van der Waals surface area contributed by atoms with Crippen molar-refractivity contribution in [3.8, 4) is 5.75 Å². The van der Waals surface area contributed by atoms with E-state index in [1.165, 1.54) is 0 Å². The summed E-state index contributed by atoms with van der Waals surface area (Å²) < 4.78 is 5.13. The first kappa shape index (κ1) is 11.5. The van der Waals surface area contributed by atoms with Gasteiger partial charge in [0.05, 0.1) is 13.1 Å². The number of nitrogens with two attached hydrogens (primary N) is 1. The Kier molecular flexibility index (Phi) is 3.01. The molecule has 3 N–H and O–H groups in total. The molecule has 1 aromatic carbocycles. The number of hydrogen-bond donors (Lipinski definition) is 2. The van der Waals surface area contributed by atoms with Crippen LogP contribution in [-0.2, 0) is 11.2 Å². The Morgan fingerprint density at radius 2 is 2.35 bits per heavy atom. The first-order valence-corrected chi connectivity index (χ1v) is 5.22. The second-order valence-corrected chi connectivity index (χ2v) is 3.86. The Morgan fingerprint density at radius 3 is 3.00 bits per heavy atom. The number of fused-ring (bicyclic) bond motifs is 1.